The minimum Gasteiger partial charge on any atom is -0.344 e. The van der Waals surface area contributed by atoms with Gasteiger partial charge in [0.1, 0.15) is 5.82 Å². The van der Waals surface area contributed by atoms with Crippen molar-refractivity contribution in [3.05, 3.63) is 63.9 Å². The quantitative estimate of drug-likeness (QED) is 0.800. The van der Waals surface area contributed by atoms with Crippen LogP contribution in [0.5, 0.6) is 0 Å². The smallest absolute Gasteiger partial charge is 0.313 e. The maximum Gasteiger partial charge on any atom is 0.313 e. The van der Waals surface area contributed by atoms with Crippen molar-refractivity contribution in [3.63, 3.8) is 0 Å². The zero-order chi connectivity index (χ0) is 16.8. The minimum atomic E-state index is -0.906. The molecular formula is C17H16BrFN2O2. The second-order valence-corrected chi connectivity index (χ2v) is 5.85. The van der Waals surface area contributed by atoms with Crippen molar-refractivity contribution < 1.29 is 14.0 Å². The van der Waals surface area contributed by atoms with Crippen LogP contribution in [0.4, 0.5) is 10.1 Å². The third-order valence-electron chi connectivity index (χ3n) is 3.27. The molecule has 0 unspecified atom stereocenters. The Morgan fingerprint density at radius 1 is 1.04 bits per heavy atom. The van der Waals surface area contributed by atoms with Gasteiger partial charge in [-0.25, -0.2) is 4.39 Å². The Morgan fingerprint density at radius 2 is 1.70 bits per heavy atom. The van der Waals surface area contributed by atoms with E-state index in [0.717, 1.165) is 12.0 Å². The van der Waals surface area contributed by atoms with E-state index in [9.17, 15) is 14.0 Å². The number of hydrogen-bond acceptors (Lipinski definition) is 2. The summed E-state index contributed by atoms with van der Waals surface area (Å²) in [5.41, 5.74) is 2.04. The molecule has 0 atom stereocenters. The molecule has 2 rings (SSSR count). The lowest BCUT2D eigenvalue weighted by atomic mass is 10.1. The maximum absolute atomic E-state index is 13.6. The van der Waals surface area contributed by atoms with E-state index in [1.807, 2.05) is 24.3 Å². The predicted molar refractivity (Wildman–Crippen MR) is 90.4 cm³/mol. The van der Waals surface area contributed by atoms with Gasteiger partial charge in [0.05, 0.1) is 5.69 Å². The zero-order valence-corrected chi connectivity index (χ0v) is 14.1. The second-order valence-electron chi connectivity index (χ2n) is 4.93. The summed E-state index contributed by atoms with van der Waals surface area (Å²) in [6, 6.07) is 11.9. The molecule has 0 heterocycles. The summed E-state index contributed by atoms with van der Waals surface area (Å²) in [6.07, 6.45) is 0.938. The number of halogens is 2. The van der Waals surface area contributed by atoms with Gasteiger partial charge in [-0.2, -0.15) is 0 Å². The first kappa shape index (κ1) is 17.1. The molecule has 2 amide bonds. The monoisotopic (exact) mass is 378 g/mol. The highest BCUT2D eigenvalue weighted by Gasteiger charge is 2.15. The van der Waals surface area contributed by atoms with Crippen LogP contribution in [0.1, 0.15) is 18.1 Å². The molecule has 0 bridgehead atoms. The number of nitrogens with one attached hydrogen (secondary N) is 2. The molecule has 2 aromatic carbocycles. The van der Waals surface area contributed by atoms with E-state index >= 15 is 0 Å². The zero-order valence-electron chi connectivity index (χ0n) is 12.5. The van der Waals surface area contributed by atoms with E-state index in [1.54, 1.807) is 6.07 Å². The van der Waals surface area contributed by atoms with Gasteiger partial charge in [0.15, 0.2) is 0 Å². The van der Waals surface area contributed by atoms with Gasteiger partial charge in [0, 0.05) is 11.0 Å². The van der Waals surface area contributed by atoms with Crippen LogP contribution >= 0.6 is 15.9 Å². The summed E-state index contributed by atoms with van der Waals surface area (Å²) in [7, 11) is 0. The average molecular weight is 379 g/mol. The third-order valence-corrected chi connectivity index (χ3v) is 3.76. The van der Waals surface area contributed by atoms with Crippen molar-refractivity contribution in [3.8, 4) is 0 Å². The molecule has 120 valence electrons. The van der Waals surface area contributed by atoms with Gasteiger partial charge in [-0.3, -0.25) is 9.59 Å². The Kier molecular flexibility index (Phi) is 5.87. The van der Waals surface area contributed by atoms with E-state index in [1.165, 1.54) is 17.7 Å². The third kappa shape index (κ3) is 4.89. The Bertz CT molecular complexity index is 717. The largest absolute Gasteiger partial charge is 0.344 e. The molecule has 0 spiro atoms. The molecule has 0 saturated carbocycles. The van der Waals surface area contributed by atoms with Crippen LogP contribution in [-0.2, 0) is 22.6 Å². The van der Waals surface area contributed by atoms with Gasteiger partial charge in [0.25, 0.3) is 0 Å². The van der Waals surface area contributed by atoms with Gasteiger partial charge in [0.2, 0.25) is 0 Å². The van der Waals surface area contributed by atoms with Crippen LogP contribution in [0.15, 0.2) is 46.9 Å². The number of anilines is 1. The molecule has 0 aliphatic rings. The first-order valence-corrected chi connectivity index (χ1v) is 7.91. The lowest BCUT2D eigenvalue weighted by Gasteiger charge is -2.08. The number of hydrogen-bond donors (Lipinski definition) is 2. The van der Waals surface area contributed by atoms with Gasteiger partial charge in [-0.05, 0) is 35.7 Å². The predicted octanol–water partition coefficient (Wildman–Crippen LogP) is 3.41. The van der Waals surface area contributed by atoms with Crippen LogP contribution in [0.25, 0.3) is 0 Å². The molecule has 23 heavy (non-hydrogen) atoms. The highest BCUT2D eigenvalue weighted by atomic mass is 79.9. The molecule has 0 saturated heterocycles. The van der Waals surface area contributed by atoms with Crippen LogP contribution in [0.2, 0.25) is 0 Å². The molecule has 0 radical (unpaired) electrons. The fraction of sp³-hybridized carbons (Fsp3) is 0.176. The van der Waals surface area contributed by atoms with E-state index in [0.29, 0.717) is 4.47 Å². The van der Waals surface area contributed by atoms with Crippen LogP contribution < -0.4 is 10.6 Å². The van der Waals surface area contributed by atoms with Crippen molar-refractivity contribution in [2.45, 2.75) is 19.9 Å². The van der Waals surface area contributed by atoms with E-state index in [4.69, 9.17) is 0 Å². The Labute approximate surface area is 142 Å². The number of carbonyl (C=O) groups is 2. The molecule has 2 N–H and O–H groups in total. The van der Waals surface area contributed by atoms with Crippen LogP contribution in [-0.4, -0.2) is 11.8 Å². The molecular weight excluding hydrogens is 363 g/mol. The summed E-state index contributed by atoms with van der Waals surface area (Å²) in [5, 5.41) is 4.75. The Morgan fingerprint density at radius 3 is 2.30 bits per heavy atom. The topological polar surface area (TPSA) is 58.2 Å². The molecule has 0 aromatic heterocycles. The summed E-state index contributed by atoms with van der Waals surface area (Å²) in [5.74, 6) is -2.33. The van der Waals surface area contributed by atoms with Crippen molar-refractivity contribution in [1.29, 1.82) is 0 Å². The van der Waals surface area contributed by atoms with Crippen molar-refractivity contribution in [2.24, 2.45) is 0 Å². The van der Waals surface area contributed by atoms with E-state index < -0.39 is 17.6 Å². The standard InChI is InChI=1S/C17H16BrFN2O2/c1-2-11-3-5-12(6-4-11)10-20-16(22)17(23)21-15-8-7-13(18)9-14(15)19/h3-9H,2,10H2,1H3,(H,20,22)(H,21,23). The van der Waals surface area contributed by atoms with Gasteiger partial charge in [-0.1, -0.05) is 47.1 Å². The molecule has 4 nitrogen and oxygen atoms in total. The average Bonchev–Trinajstić information content (AvgIpc) is 2.55. The molecule has 2 aromatic rings. The first-order valence-electron chi connectivity index (χ1n) is 7.11. The Hall–Kier alpha value is -2.21. The minimum absolute atomic E-state index is 0.0411. The highest BCUT2D eigenvalue weighted by molar-refractivity contribution is 9.10. The lowest BCUT2D eigenvalue weighted by molar-refractivity contribution is -0.136. The van der Waals surface area contributed by atoms with Crippen molar-refractivity contribution in [2.75, 3.05) is 5.32 Å². The summed E-state index contributed by atoms with van der Waals surface area (Å²) in [6.45, 7) is 2.29. The van der Waals surface area contributed by atoms with Crippen molar-refractivity contribution >= 4 is 33.4 Å². The van der Waals surface area contributed by atoms with Crippen LogP contribution in [0, 0.1) is 5.82 Å². The normalized spacial score (nSPS) is 10.2. The summed E-state index contributed by atoms with van der Waals surface area (Å²) >= 11 is 3.12. The van der Waals surface area contributed by atoms with Gasteiger partial charge >= 0.3 is 11.8 Å². The Balaban J connectivity index is 1.90. The highest BCUT2D eigenvalue weighted by Crippen LogP contribution is 2.19. The van der Waals surface area contributed by atoms with E-state index in [-0.39, 0.29) is 12.2 Å². The molecule has 0 aliphatic carbocycles. The summed E-state index contributed by atoms with van der Waals surface area (Å²) in [4.78, 5) is 23.5. The second kappa shape index (κ2) is 7.87. The number of benzene rings is 2. The summed E-state index contributed by atoms with van der Waals surface area (Å²) < 4.78 is 14.2. The number of amides is 2. The lowest BCUT2D eigenvalue weighted by Crippen LogP contribution is -2.35. The first-order chi connectivity index (χ1) is 11.0. The molecule has 6 heteroatoms. The number of aryl methyl sites for hydroxylation is 1. The molecule has 0 aliphatic heterocycles. The number of rotatable bonds is 4. The molecule has 0 fully saturated rings. The van der Waals surface area contributed by atoms with Gasteiger partial charge in [-0.15, -0.1) is 0 Å². The SMILES string of the molecule is CCc1ccc(CNC(=O)C(=O)Nc2ccc(Br)cc2F)cc1. The fourth-order valence-electron chi connectivity index (χ4n) is 1.93. The number of carbonyl (C=O) groups excluding carboxylic acids is 2. The van der Waals surface area contributed by atoms with Crippen LogP contribution in [0.3, 0.4) is 0 Å². The van der Waals surface area contributed by atoms with E-state index in [2.05, 4.69) is 33.5 Å². The van der Waals surface area contributed by atoms with Crippen molar-refractivity contribution in [1.82, 2.24) is 5.32 Å². The maximum atomic E-state index is 13.6. The fourth-order valence-corrected chi connectivity index (χ4v) is 2.26. The van der Waals surface area contributed by atoms with Gasteiger partial charge < -0.3 is 10.6 Å².